The van der Waals surface area contributed by atoms with Gasteiger partial charge in [-0.05, 0) is 37.5 Å². The van der Waals surface area contributed by atoms with E-state index in [1.807, 2.05) is 18.2 Å². The standard InChI is InChI=1S/C19H27NO4S/c1-6-12(7-2)16(21)13-8-9-14-15(10-13)25-18(20-14)24-11-19(3,4)17(22)23-5/h8-10,12,16,21H,6-7,11H2,1-5H3. The monoisotopic (exact) mass is 365 g/mol. The Labute approximate surface area is 153 Å². The zero-order chi connectivity index (χ0) is 18.6. The molecule has 1 N–H and O–H groups in total. The van der Waals surface area contributed by atoms with Crippen molar-refractivity contribution in [3.8, 4) is 5.19 Å². The molecule has 5 nitrogen and oxygen atoms in total. The van der Waals surface area contributed by atoms with E-state index >= 15 is 0 Å². The van der Waals surface area contributed by atoms with Crippen molar-refractivity contribution in [3.63, 3.8) is 0 Å². The molecule has 1 unspecified atom stereocenters. The summed E-state index contributed by atoms with van der Waals surface area (Å²) in [7, 11) is 1.37. The third kappa shape index (κ3) is 4.50. The normalized spacial score (nSPS) is 13.2. The maximum Gasteiger partial charge on any atom is 0.314 e. The lowest BCUT2D eigenvalue weighted by molar-refractivity contribution is -0.152. The van der Waals surface area contributed by atoms with Gasteiger partial charge in [0, 0.05) is 0 Å². The highest BCUT2D eigenvalue weighted by Crippen LogP contribution is 2.34. The molecule has 0 bridgehead atoms. The van der Waals surface area contributed by atoms with Crippen molar-refractivity contribution in [2.24, 2.45) is 11.3 Å². The second-order valence-electron chi connectivity index (χ2n) is 6.89. The predicted molar refractivity (Wildman–Crippen MR) is 99.9 cm³/mol. The minimum atomic E-state index is -0.733. The molecule has 1 atom stereocenters. The van der Waals surface area contributed by atoms with Gasteiger partial charge in [-0.2, -0.15) is 0 Å². The highest BCUT2D eigenvalue weighted by molar-refractivity contribution is 7.20. The van der Waals surface area contributed by atoms with E-state index in [9.17, 15) is 9.90 Å². The fraction of sp³-hybridized carbons (Fsp3) is 0.579. The Morgan fingerprint density at radius 2 is 2.00 bits per heavy atom. The Morgan fingerprint density at radius 3 is 2.60 bits per heavy atom. The van der Waals surface area contributed by atoms with Crippen molar-refractivity contribution in [2.75, 3.05) is 13.7 Å². The minimum Gasteiger partial charge on any atom is -0.469 e. The van der Waals surface area contributed by atoms with Crippen LogP contribution in [0, 0.1) is 11.3 Å². The van der Waals surface area contributed by atoms with Crippen LogP contribution in [0.25, 0.3) is 10.2 Å². The molecule has 0 spiro atoms. The number of methoxy groups -OCH3 is 1. The van der Waals surface area contributed by atoms with Crippen molar-refractivity contribution < 1.29 is 19.4 Å². The van der Waals surface area contributed by atoms with Crippen LogP contribution in [0.1, 0.15) is 52.2 Å². The van der Waals surface area contributed by atoms with Crippen LogP contribution in [0.5, 0.6) is 5.19 Å². The SMILES string of the molecule is CCC(CC)C(O)c1ccc2nc(OCC(C)(C)C(=O)OC)sc2c1. The summed E-state index contributed by atoms with van der Waals surface area (Å²) in [5, 5.41) is 11.1. The molecule has 1 aromatic heterocycles. The molecule has 1 heterocycles. The molecule has 138 valence electrons. The molecule has 0 aliphatic heterocycles. The molecular formula is C19H27NO4S. The van der Waals surface area contributed by atoms with Crippen LogP contribution >= 0.6 is 11.3 Å². The minimum absolute atomic E-state index is 0.197. The van der Waals surface area contributed by atoms with Crippen molar-refractivity contribution >= 4 is 27.5 Å². The number of aliphatic hydroxyl groups excluding tert-OH is 1. The van der Waals surface area contributed by atoms with Crippen molar-refractivity contribution in [2.45, 2.75) is 46.6 Å². The number of benzene rings is 1. The van der Waals surface area contributed by atoms with E-state index in [4.69, 9.17) is 9.47 Å². The number of hydrogen-bond acceptors (Lipinski definition) is 6. The lowest BCUT2D eigenvalue weighted by Crippen LogP contribution is -2.32. The summed E-state index contributed by atoms with van der Waals surface area (Å²) in [6.45, 7) is 7.93. The first-order chi connectivity index (χ1) is 11.8. The zero-order valence-electron chi connectivity index (χ0n) is 15.5. The van der Waals surface area contributed by atoms with E-state index in [1.165, 1.54) is 18.4 Å². The number of carbonyl (C=O) groups excluding carboxylic acids is 1. The van der Waals surface area contributed by atoms with Crippen LogP contribution in [-0.2, 0) is 9.53 Å². The summed E-state index contributed by atoms with van der Waals surface area (Å²) in [5.74, 6) is -0.0638. The number of fused-ring (bicyclic) bond motifs is 1. The zero-order valence-corrected chi connectivity index (χ0v) is 16.4. The molecule has 0 saturated carbocycles. The first-order valence-electron chi connectivity index (χ1n) is 8.62. The van der Waals surface area contributed by atoms with Gasteiger partial charge in [0.25, 0.3) is 5.19 Å². The first kappa shape index (κ1) is 19.7. The lowest BCUT2D eigenvalue weighted by atomic mass is 9.91. The maximum atomic E-state index is 11.7. The van der Waals surface area contributed by atoms with Gasteiger partial charge in [0.15, 0.2) is 0 Å². The average Bonchev–Trinajstić information content (AvgIpc) is 3.02. The number of carbonyl (C=O) groups is 1. The number of hydrogen-bond donors (Lipinski definition) is 1. The molecule has 0 aliphatic rings. The number of rotatable bonds is 8. The number of nitrogens with zero attached hydrogens (tertiary/aromatic N) is 1. The number of esters is 1. The smallest absolute Gasteiger partial charge is 0.314 e. The molecular weight excluding hydrogens is 338 g/mol. The molecule has 0 aliphatic carbocycles. The van der Waals surface area contributed by atoms with Crippen LogP contribution in [0.2, 0.25) is 0 Å². The van der Waals surface area contributed by atoms with E-state index in [-0.39, 0.29) is 18.5 Å². The fourth-order valence-corrected chi connectivity index (χ4v) is 3.61. The number of ether oxygens (including phenoxy) is 2. The van der Waals surface area contributed by atoms with Gasteiger partial charge in [-0.1, -0.05) is 44.1 Å². The number of aliphatic hydroxyl groups is 1. The highest BCUT2D eigenvalue weighted by atomic mass is 32.1. The summed E-state index contributed by atoms with van der Waals surface area (Å²) in [4.78, 5) is 16.2. The second kappa shape index (κ2) is 8.15. The number of thiazole rings is 1. The molecule has 0 radical (unpaired) electrons. The van der Waals surface area contributed by atoms with Gasteiger partial charge in [0.1, 0.15) is 6.61 Å². The quantitative estimate of drug-likeness (QED) is 0.705. The summed E-state index contributed by atoms with van der Waals surface area (Å²) >= 11 is 1.42. The molecule has 0 saturated heterocycles. The third-order valence-corrected chi connectivity index (χ3v) is 5.45. The van der Waals surface area contributed by atoms with E-state index < -0.39 is 11.5 Å². The lowest BCUT2D eigenvalue weighted by Gasteiger charge is -2.20. The highest BCUT2D eigenvalue weighted by Gasteiger charge is 2.30. The van der Waals surface area contributed by atoms with E-state index in [0.29, 0.717) is 5.19 Å². The van der Waals surface area contributed by atoms with E-state index in [1.54, 1.807) is 13.8 Å². The molecule has 0 fully saturated rings. The van der Waals surface area contributed by atoms with E-state index in [0.717, 1.165) is 28.6 Å². The van der Waals surface area contributed by atoms with Crippen LogP contribution < -0.4 is 4.74 Å². The van der Waals surface area contributed by atoms with Crippen molar-refractivity contribution in [1.29, 1.82) is 0 Å². The second-order valence-corrected chi connectivity index (χ2v) is 7.89. The Morgan fingerprint density at radius 1 is 1.32 bits per heavy atom. The summed E-state index contributed by atoms with van der Waals surface area (Å²) < 4.78 is 11.5. The fourth-order valence-electron chi connectivity index (χ4n) is 2.75. The van der Waals surface area contributed by atoms with Gasteiger partial charge in [-0.3, -0.25) is 4.79 Å². The van der Waals surface area contributed by atoms with Crippen LogP contribution in [0.15, 0.2) is 18.2 Å². The molecule has 2 rings (SSSR count). The van der Waals surface area contributed by atoms with Gasteiger partial charge < -0.3 is 14.6 Å². The maximum absolute atomic E-state index is 11.7. The van der Waals surface area contributed by atoms with Gasteiger partial charge in [0.05, 0.1) is 28.8 Å². The van der Waals surface area contributed by atoms with E-state index in [2.05, 4.69) is 18.8 Å². The Kier molecular flexibility index (Phi) is 6.41. The molecule has 2 aromatic rings. The third-order valence-electron chi connectivity index (χ3n) is 4.52. The average molecular weight is 365 g/mol. The molecule has 6 heteroatoms. The Balaban J connectivity index is 2.16. The van der Waals surface area contributed by atoms with Gasteiger partial charge in [-0.15, -0.1) is 0 Å². The topological polar surface area (TPSA) is 68.7 Å². The molecule has 0 amide bonds. The number of aromatic nitrogens is 1. The van der Waals surface area contributed by atoms with Crippen LogP contribution in [0.3, 0.4) is 0 Å². The Hall–Kier alpha value is -1.66. The largest absolute Gasteiger partial charge is 0.469 e. The van der Waals surface area contributed by atoms with Gasteiger partial charge >= 0.3 is 5.97 Å². The van der Waals surface area contributed by atoms with Gasteiger partial charge in [0.2, 0.25) is 0 Å². The van der Waals surface area contributed by atoms with Crippen LogP contribution in [0.4, 0.5) is 0 Å². The Bertz CT molecular complexity index is 721. The molecule has 25 heavy (non-hydrogen) atoms. The first-order valence-corrected chi connectivity index (χ1v) is 9.43. The summed E-state index contributed by atoms with van der Waals surface area (Å²) in [6, 6.07) is 5.81. The van der Waals surface area contributed by atoms with Crippen molar-refractivity contribution in [1.82, 2.24) is 4.98 Å². The summed E-state index contributed by atoms with van der Waals surface area (Å²) in [6.07, 6.45) is 1.41. The van der Waals surface area contributed by atoms with Crippen LogP contribution in [-0.4, -0.2) is 29.8 Å². The van der Waals surface area contributed by atoms with Crippen molar-refractivity contribution in [3.05, 3.63) is 23.8 Å². The molecule has 1 aromatic carbocycles. The summed E-state index contributed by atoms with van der Waals surface area (Å²) in [5.41, 5.74) is 1.01. The van der Waals surface area contributed by atoms with Gasteiger partial charge in [-0.25, -0.2) is 4.98 Å². The predicted octanol–water partition coefficient (Wildman–Crippen LogP) is 4.34.